The third-order valence-electron chi connectivity index (χ3n) is 8.76. The molecule has 0 saturated carbocycles. The second-order valence-electron chi connectivity index (χ2n) is 11.5. The molecule has 2 saturated heterocycles. The summed E-state index contributed by atoms with van der Waals surface area (Å²) >= 11 is 6.61. The van der Waals surface area contributed by atoms with Crippen molar-refractivity contribution in [1.82, 2.24) is 24.3 Å². The number of aromatic nitrogens is 3. The van der Waals surface area contributed by atoms with Crippen molar-refractivity contribution in [3.63, 3.8) is 0 Å². The van der Waals surface area contributed by atoms with Crippen LogP contribution in [0.15, 0.2) is 59.5 Å². The Morgan fingerprint density at radius 3 is 2.51 bits per heavy atom. The second-order valence-corrected chi connectivity index (χ2v) is 11.9. The molecule has 2 aromatic heterocycles. The van der Waals surface area contributed by atoms with Crippen LogP contribution in [0.2, 0.25) is 5.02 Å². The maximum atomic E-state index is 14.4. The van der Waals surface area contributed by atoms with Crippen LogP contribution in [0.3, 0.4) is 0 Å². The average Bonchev–Trinajstić information content (AvgIpc) is 3.02. The Morgan fingerprint density at radius 2 is 1.79 bits per heavy atom. The Bertz CT molecular complexity index is 1700. The van der Waals surface area contributed by atoms with Gasteiger partial charge in [-0.15, -0.1) is 0 Å². The van der Waals surface area contributed by atoms with Crippen molar-refractivity contribution in [3.8, 4) is 11.1 Å². The summed E-state index contributed by atoms with van der Waals surface area (Å²) in [4.78, 5) is 43.2. The molecule has 224 valence electrons. The molecule has 4 heterocycles. The molecule has 1 amide bonds. The molecule has 4 aromatic rings. The molecule has 1 atom stereocenters. The number of hydrogen-bond donors (Lipinski definition) is 1. The molecule has 1 N–H and O–H groups in total. The number of carbonyl (C=O) groups is 1. The van der Waals surface area contributed by atoms with Gasteiger partial charge in [-0.1, -0.05) is 36.7 Å². The van der Waals surface area contributed by atoms with Gasteiger partial charge >= 0.3 is 0 Å². The summed E-state index contributed by atoms with van der Waals surface area (Å²) < 4.78 is 1.78. The zero-order valence-corrected chi connectivity index (χ0v) is 25.8. The van der Waals surface area contributed by atoms with Crippen LogP contribution >= 0.6 is 11.6 Å². The van der Waals surface area contributed by atoms with Gasteiger partial charge in [-0.3, -0.25) is 14.2 Å². The molecular formula is C33H38ClN7O2. The fourth-order valence-electron chi connectivity index (χ4n) is 6.28. The molecule has 9 nitrogen and oxygen atoms in total. The summed E-state index contributed by atoms with van der Waals surface area (Å²) in [7, 11) is 2.15. The van der Waals surface area contributed by atoms with Crippen molar-refractivity contribution in [2.75, 3.05) is 56.5 Å². The summed E-state index contributed by atoms with van der Waals surface area (Å²) in [6.07, 6.45) is 3.81. The maximum absolute atomic E-state index is 14.4. The number of nitrogens with zero attached hydrogens (tertiary/aromatic N) is 6. The number of halogens is 1. The topological polar surface area (TPSA) is 86.6 Å². The molecule has 0 bridgehead atoms. The summed E-state index contributed by atoms with van der Waals surface area (Å²) in [5, 5.41) is 4.64. The molecule has 2 aliphatic heterocycles. The number of aryl methyl sites for hydroxylation is 1. The average molecular weight is 600 g/mol. The third kappa shape index (κ3) is 5.84. The van der Waals surface area contributed by atoms with Crippen LogP contribution in [0, 0.1) is 6.92 Å². The van der Waals surface area contributed by atoms with Crippen molar-refractivity contribution < 1.29 is 4.79 Å². The monoisotopic (exact) mass is 599 g/mol. The number of piperazine rings is 1. The highest BCUT2D eigenvalue weighted by Crippen LogP contribution is 2.33. The van der Waals surface area contributed by atoms with Crippen LogP contribution in [0.5, 0.6) is 0 Å². The fraction of sp³-hybridized carbons (Fsp3) is 0.394. The fourth-order valence-corrected chi connectivity index (χ4v) is 6.51. The lowest BCUT2D eigenvalue weighted by Crippen LogP contribution is -2.44. The number of benzene rings is 2. The summed E-state index contributed by atoms with van der Waals surface area (Å²) in [5.41, 5.74) is 4.47. The first-order chi connectivity index (χ1) is 20.8. The Balaban J connectivity index is 1.40. The quantitative estimate of drug-likeness (QED) is 0.314. The summed E-state index contributed by atoms with van der Waals surface area (Å²) in [5.74, 6) is 0.507. The van der Waals surface area contributed by atoms with E-state index in [2.05, 4.69) is 39.3 Å². The van der Waals surface area contributed by atoms with Gasteiger partial charge in [0.15, 0.2) is 0 Å². The molecular weight excluding hydrogens is 562 g/mol. The number of amides is 1. The van der Waals surface area contributed by atoms with E-state index < -0.39 is 0 Å². The van der Waals surface area contributed by atoms with Gasteiger partial charge in [-0.25, -0.2) is 4.98 Å². The van der Waals surface area contributed by atoms with Gasteiger partial charge in [-0.05, 0) is 62.7 Å². The van der Waals surface area contributed by atoms with Gasteiger partial charge < -0.3 is 20.0 Å². The first-order valence-corrected chi connectivity index (χ1v) is 15.5. The second kappa shape index (κ2) is 12.3. The van der Waals surface area contributed by atoms with Crippen molar-refractivity contribution in [2.45, 2.75) is 39.2 Å². The molecule has 10 heteroatoms. The number of likely N-dealkylation sites (N-methyl/N-ethyl adjacent to an activating group) is 1. The zero-order chi connectivity index (χ0) is 30.1. The number of pyridine rings is 1. The van der Waals surface area contributed by atoms with E-state index >= 15 is 0 Å². The van der Waals surface area contributed by atoms with E-state index in [9.17, 15) is 9.59 Å². The highest BCUT2D eigenvalue weighted by molar-refractivity contribution is 6.33. The van der Waals surface area contributed by atoms with Gasteiger partial charge in [-0.2, -0.15) is 4.98 Å². The van der Waals surface area contributed by atoms with Gasteiger partial charge in [0, 0.05) is 79.2 Å². The minimum atomic E-state index is -0.216. The van der Waals surface area contributed by atoms with Crippen LogP contribution < -0.4 is 15.8 Å². The van der Waals surface area contributed by atoms with E-state index in [-0.39, 0.29) is 17.5 Å². The summed E-state index contributed by atoms with van der Waals surface area (Å²) in [6.45, 7) is 9.08. The van der Waals surface area contributed by atoms with Crippen LogP contribution in [0.4, 0.5) is 17.3 Å². The predicted octanol–water partition coefficient (Wildman–Crippen LogP) is 5.49. The minimum absolute atomic E-state index is 0.0949. The first-order valence-electron chi connectivity index (χ1n) is 15.1. The predicted molar refractivity (Wildman–Crippen MR) is 174 cm³/mol. The number of nitrogens with one attached hydrogen (secondary N) is 1. The van der Waals surface area contributed by atoms with Gasteiger partial charge in [0.05, 0.1) is 11.6 Å². The Labute approximate surface area is 257 Å². The zero-order valence-electron chi connectivity index (χ0n) is 25.0. The SMILES string of the molecule is CCC(=O)N1CCC[C@H](n2c(=O)c(-c3ccccc3Cl)c(C)c3cnc(Nc4ccc(N5CCN(C)CC5)cc4)nc32)C1. The lowest BCUT2D eigenvalue weighted by Gasteiger charge is -2.34. The van der Waals surface area contributed by atoms with Crippen molar-refractivity contribution in [1.29, 1.82) is 0 Å². The highest BCUT2D eigenvalue weighted by atomic mass is 35.5. The molecule has 2 fully saturated rings. The lowest BCUT2D eigenvalue weighted by atomic mass is 9.98. The van der Waals surface area contributed by atoms with Crippen LogP contribution in [0.1, 0.15) is 37.8 Å². The van der Waals surface area contributed by atoms with E-state index in [1.807, 2.05) is 49.1 Å². The highest BCUT2D eigenvalue weighted by Gasteiger charge is 2.29. The Morgan fingerprint density at radius 1 is 1.05 bits per heavy atom. The third-order valence-corrected chi connectivity index (χ3v) is 9.09. The molecule has 2 aliphatic rings. The van der Waals surface area contributed by atoms with Crippen molar-refractivity contribution in [3.05, 3.63) is 75.7 Å². The number of fused-ring (bicyclic) bond motifs is 1. The van der Waals surface area contributed by atoms with E-state index in [0.717, 1.165) is 55.7 Å². The van der Waals surface area contributed by atoms with Crippen LogP contribution in [-0.2, 0) is 4.79 Å². The van der Waals surface area contributed by atoms with Gasteiger partial charge in [0.2, 0.25) is 11.9 Å². The van der Waals surface area contributed by atoms with E-state index in [1.54, 1.807) is 16.8 Å². The molecule has 0 radical (unpaired) electrons. The van der Waals surface area contributed by atoms with E-state index in [1.165, 1.54) is 5.69 Å². The maximum Gasteiger partial charge on any atom is 0.260 e. The smallest absolute Gasteiger partial charge is 0.260 e. The summed E-state index contributed by atoms with van der Waals surface area (Å²) in [6, 6.07) is 15.5. The number of carbonyl (C=O) groups excluding carboxylic acids is 1. The van der Waals surface area contributed by atoms with E-state index in [4.69, 9.17) is 16.6 Å². The molecule has 0 spiro atoms. The number of rotatable bonds is 6. The number of likely N-dealkylation sites (tertiary alicyclic amines) is 1. The normalized spacial score (nSPS) is 17.8. The molecule has 6 rings (SSSR count). The van der Waals surface area contributed by atoms with Gasteiger partial charge in [0.1, 0.15) is 5.65 Å². The minimum Gasteiger partial charge on any atom is -0.369 e. The first kappa shape index (κ1) is 29.1. The molecule has 43 heavy (non-hydrogen) atoms. The lowest BCUT2D eigenvalue weighted by molar-refractivity contribution is -0.132. The number of hydrogen-bond acceptors (Lipinski definition) is 7. The molecule has 0 unspecified atom stereocenters. The number of anilines is 3. The Hall–Kier alpha value is -3.95. The van der Waals surface area contributed by atoms with Crippen LogP contribution in [-0.4, -0.2) is 76.6 Å². The number of piperidine rings is 1. The Kier molecular flexibility index (Phi) is 8.36. The standard InChI is InChI=1S/C33H38ClN7O2/c1-4-29(42)40-15-7-8-25(21-40)41-31-27(22(2)30(32(41)43)26-9-5-6-10-28(26)34)20-35-33(37-31)36-23-11-13-24(14-12-23)39-18-16-38(3)17-19-39/h5-6,9-14,20,25H,4,7-8,15-19,21H2,1-3H3,(H,35,36,37)/t25-/m0/s1. The van der Waals surface area contributed by atoms with Crippen molar-refractivity contribution in [2.24, 2.45) is 0 Å². The van der Waals surface area contributed by atoms with Gasteiger partial charge in [0.25, 0.3) is 5.56 Å². The largest absolute Gasteiger partial charge is 0.369 e. The van der Waals surface area contributed by atoms with Crippen molar-refractivity contribution >= 4 is 45.9 Å². The van der Waals surface area contributed by atoms with E-state index in [0.29, 0.717) is 47.3 Å². The molecule has 2 aromatic carbocycles. The van der Waals surface area contributed by atoms with Crippen LogP contribution in [0.25, 0.3) is 22.2 Å². The molecule has 0 aliphatic carbocycles.